The Kier molecular flexibility index (Phi) is 2.51. The summed E-state index contributed by atoms with van der Waals surface area (Å²) in [6, 6.07) is 6.90. The lowest BCUT2D eigenvalue weighted by Crippen LogP contribution is -2.22. The first kappa shape index (κ1) is 9.86. The number of nitrogens with two attached hydrogens (primary N) is 1. The maximum atomic E-state index is 11.5. The van der Waals surface area contributed by atoms with E-state index < -0.39 is 6.04 Å². The first-order valence-electron chi connectivity index (χ1n) is 4.82. The van der Waals surface area contributed by atoms with Crippen LogP contribution in [-0.2, 0) is 16.1 Å². The van der Waals surface area contributed by atoms with Crippen LogP contribution in [0, 0.1) is 0 Å². The molecule has 1 atom stereocenters. The Morgan fingerprint density at radius 1 is 1.33 bits per heavy atom. The summed E-state index contributed by atoms with van der Waals surface area (Å²) < 4.78 is 0. The fourth-order valence-corrected chi connectivity index (χ4v) is 1.81. The molecule has 0 radical (unpaired) electrons. The zero-order chi connectivity index (χ0) is 10.8. The average Bonchev–Trinajstić information content (AvgIpc) is 2.57. The molecule has 0 spiro atoms. The van der Waals surface area contributed by atoms with Crippen molar-refractivity contribution < 1.29 is 9.59 Å². The second kappa shape index (κ2) is 3.82. The Hall–Kier alpha value is -1.68. The van der Waals surface area contributed by atoms with E-state index in [1.807, 2.05) is 24.3 Å². The number of carbonyl (C=O) groups is 2. The summed E-state index contributed by atoms with van der Waals surface area (Å²) in [5, 5.41) is 2.65. The third-order valence-corrected chi connectivity index (χ3v) is 2.55. The van der Waals surface area contributed by atoms with Gasteiger partial charge in [0.25, 0.3) is 0 Å². The Morgan fingerprint density at radius 3 is 2.67 bits per heavy atom. The molecule has 0 aromatic heterocycles. The minimum absolute atomic E-state index is 0.0242. The van der Waals surface area contributed by atoms with Gasteiger partial charge in [0.05, 0.1) is 6.42 Å². The highest BCUT2D eigenvalue weighted by Gasteiger charge is 2.32. The van der Waals surface area contributed by atoms with Crippen molar-refractivity contribution in [2.75, 3.05) is 0 Å². The van der Waals surface area contributed by atoms with Gasteiger partial charge in [-0.15, -0.1) is 0 Å². The first-order chi connectivity index (χ1) is 7.22. The second-order valence-corrected chi connectivity index (χ2v) is 3.55. The van der Waals surface area contributed by atoms with Gasteiger partial charge in [-0.05, 0) is 11.1 Å². The van der Waals surface area contributed by atoms with Gasteiger partial charge in [-0.3, -0.25) is 9.59 Å². The number of rotatable bonds is 2. The maximum absolute atomic E-state index is 11.5. The predicted molar refractivity (Wildman–Crippen MR) is 54.8 cm³/mol. The quantitative estimate of drug-likeness (QED) is 0.679. The fourth-order valence-electron chi connectivity index (χ4n) is 1.81. The summed E-state index contributed by atoms with van der Waals surface area (Å²) in [5.41, 5.74) is 7.29. The summed E-state index contributed by atoms with van der Waals surface area (Å²) in [6.45, 7) is 0.371. The summed E-state index contributed by atoms with van der Waals surface area (Å²) in [6.07, 6.45) is -0.0242. The van der Waals surface area contributed by atoms with Gasteiger partial charge < -0.3 is 11.1 Å². The van der Waals surface area contributed by atoms with Crippen molar-refractivity contribution in [3.63, 3.8) is 0 Å². The van der Waals surface area contributed by atoms with E-state index in [4.69, 9.17) is 5.73 Å². The van der Waals surface area contributed by atoms with Gasteiger partial charge in [0.1, 0.15) is 6.04 Å². The molecule has 1 unspecified atom stereocenters. The molecule has 2 rings (SSSR count). The summed E-state index contributed by atoms with van der Waals surface area (Å²) in [7, 11) is 0. The van der Waals surface area contributed by atoms with Crippen LogP contribution in [0.4, 0.5) is 0 Å². The molecule has 4 heteroatoms. The van der Waals surface area contributed by atoms with Gasteiger partial charge in [-0.1, -0.05) is 24.3 Å². The highest BCUT2D eigenvalue weighted by molar-refractivity contribution is 6.07. The number of Topliss-reactive ketones (excluding diaryl/α,β-unsaturated/α-hetero) is 1. The third-order valence-electron chi connectivity index (χ3n) is 2.55. The topological polar surface area (TPSA) is 72.2 Å². The number of benzene rings is 1. The zero-order valence-corrected chi connectivity index (χ0v) is 8.19. The first-order valence-corrected chi connectivity index (χ1v) is 4.82. The molecule has 1 aromatic rings. The van der Waals surface area contributed by atoms with E-state index in [1.54, 1.807) is 0 Å². The highest BCUT2D eigenvalue weighted by Crippen LogP contribution is 2.23. The normalized spacial score (nSPS) is 20.5. The summed E-state index contributed by atoms with van der Waals surface area (Å²) in [5.74, 6) is -0.294. The van der Waals surface area contributed by atoms with Crippen molar-refractivity contribution in [2.24, 2.45) is 5.73 Å². The van der Waals surface area contributed by atoms with Crippen molar-refractivity contribution in [2.45, 2.75) is 19.0 Å². The summed E-state index contributed by atoms with van der Waals surface area (Å²) in [4.78, 5) is 22.6. The minimum atomic E-state index is -0.503. The molecular weight excluding hydrogens is 192 g/mol. The molecule has 3 N–H and O–H groups in total. The number of nitrogens with one attached hydrogen (secondary N) is 1. The fraction of sp³-hybridized carbons (Fsp3) is 0.273. The predicted octanol–water partition coefficient (Wildman–Crippen LogP) is 0.275. The van der Waals surface area contributed by atoms with Crippen LogP contribution in [0.25, 0.3) is 0 Å². The minimum Gasteiger partial charge on any atom is -0.342 e. The van der Waals surface area contributed by atoms with E-state index in [1.165, 1.54) is 0 Å². The van der Waals surface area contributed by atoms with Crippen LogP contribution in [0.1, 0.15) is 23.6 Å². The molecule has 4 nitrogen and oxygen atoms in total. The number of amides is 1. The Balaban J connectivity index is 2.37. The van der Waals surface area contributed by atoms with Crippen molar-refractivity contribution in [1.29, 1.82) is 0 Å². The van der Waals surface area contributed by atoms with Crippen LogP contribution in [0.3, 0.4) is 0 Å². The van der Waals surface area contributed by atoms with Gasteiger partial charge in [0, 0.05) is 6.54 Å². The van der Waals surface area contributed by atoms with Crippen molar-refractivity contribution >= 4 is 11.7 Å². The van der Waals surface area contributed by atoms with Gasteiger partial charge in [0.2, 0.25) is 5.91 Å². The van der Waals surface area contributed by atoms with Crippen molar-refractivity contribution in [3.8, 4) is 0 Å². The molecule has 0 bridgehead atoms. The van der Waals surface area contributed by atoms with Gasteiger partial charge >= 0.3 is 0 Å². The second-order valence-electron chi connectivity index (χ2n) is 3.55. The molecule has 1 aromatic carbocycles. The SMILES string of the molecule is NCc1ccccc1C1NC(=O)CC1=O. The monoisotopic (exact) mass is 204 g/mol. The van der Waals surface area contributed by atoms with E-state index in [0.29, 0.717) is 6.54 Å². The van der Waals surface area contributed by atoms with Crippen LogP contribution in [0.15, 0.2) is 24.3 Å². The van der Waals surface area contributed by atoms with E-state index in [0.717, 1.165) is 11.1 Å². The Bertz CT molecular complexity index is 415. The molecule has 78 valence electrons. The molecule has 1 saturated heterocycles. The van der Waals surface area contributed by atoms with Gasteiger partial charge in [-0.25, -0.2) is 0 Å². The standard InChI is InChI=1S/C11H12N2O2/c12-6-7-3-1-2-4-8(7)11-9(14)5-10(15)13-11/h1-4,11H,5-6,12H2,(H,13,15). The third kappa shape index (κ3) is 1.76. The lowest BCUT2D eigenvalue weighted by molar-refractivity contribution is -0.122. The van der Waals surface area contributed by atoms with Gasteiger partial charge in [-0.2, -0.15) is 0 Å². The Morgan fingerprint density at radius 2 is 2.07 bits per heavy atom. The number of hydrogen-bond acceptors (Lipinski definition) is 3. The molecule has 1 heterocycles. The lowest BCUT2D eigenvalue weighted by atomic mass is 9.98. The molecule has 0 saturated carbocycles. The van der Waals surface area contributed by atoms with E-state index in [9.17, 15) is 9.59 Å². The van der Waals surface area contributed by atoms with Crippen LogP contribution in [-0.4, -0.2) is 11.7 Å². The highest BCUT2D eigenvalue weighted by atomic mass is 16.2. The van der Waals surface area contributed by atoms with E-state index in [-0.39, 0.29) is 18.1 Å². The maximum Gasteiger partial charge on any atom is 0.228 e. The molecule has 1 fully saturated rings. The van der Waals surface area contributed by atoms with Gasteiger partial charge in [0.15, 0.2) is 5.78 Å². The van der Waals surface area contributed by atoms with Crippen LogP contribution < -0.4 is 11.1 Å². The molecule has 15 heavy (non-hydrogen) atoms. The molecule has 0 aliphatic carbocycles. The zero-order valence-electron chi connectivity index (χ0n) is 8.19. The smallest absolute Gasteiger partial charge is 0.228 e. The van der Waals surface area contributed by atoms with Crippen molar-refractivity contribution in [3.05, 3.63) is 35.4 Å². The van der Waals surface area contributed by atoms with Crippen molar-refractivity contribution in [1.82, 2.24) is 5.32 Å². The van der Waals surface area contributed by atoms with E-state index in [2.05, 4.69) is 5.32 Å². The average molecular weight is 204 g/mol. The van der Waals surface area contributed by atoms with Crippen LogP contribution >= 0.6 is 0 Å². The number of hydrogen-bond donors (Lipinski definition) is 2. The largest absolute Gasteiger partial charge is 0.342 e. The Labute approximate surface area is 87.5 Å². The molecular formula is C11H12N2O2. The summed E-state index contributed by atoms with van der Waals surface area (Å²) >= 11 is 0. The lowest BCUT2D eigenvalue weighted by Gasteiger charge is -2.13. The molecule has 1 aliphatic heterocycles. The number of ketones is 1. The molecule has 1 amide bonds. The van der Waals surface area contributed by atoms with Crippen LogP contribution in [0.5, 0.6) is 0 Å². The van der Waals surface area contributed by atoms with Crippen LogP contribution in [0.2, 0.25) is 0 Å². The number of carbonyl (C=O) groups excluding carboxylic acids is 2. The molecule has 1 aliphatic rings. The van der Waals surface area contributed by atoms with E-state index >= 15 is 0 Å².